The van der Waals surface area contributed by atoms with E-state index in [0.29, 0.717) is 19.4 Å². The molecule has 0 unspecified atom stereocenters. The van der Waals surface area contributed by atoms with Crippen LogP contribution in [0.25, 0.3) is 10.9 Å². The van der Waals surface area contributed by atoms with Crippen molar-refractivity contribution in [1.82, 2.24) is 26.3 Å². The van der Waals surface area contributed by atoms with E-state index >= 15 is 0 Å². The average Bonchev–Trinajstić information content (AvgIpc) is 3.55. The number of carbonyl (C=O) groups is 4. The van der Waals surface area contributed by atoms with Crippen molar-refractivity contribution < 1.29 is 28.7 Å². The summed E-state index contributed by atoms with van der Waals surface area (Å²) in [6.07, 6.45) is 4.85. The molecule has 0 bridgehead atoms. The van der Waals surface area contributed by atoms with Crippen molar-refractivity contribution in [1.29, 1.82) is 0 Å². The molecule has 1 aliphatic rings. The predicted molar refractivity (Wildman–Crippen MR) is 204 cm³/mol. The fraction of sp³-hybridized carbons (Fsp3) is 0.400. The van der Waals surface area contributed by atoms with E-state index in [1.807, 2.05) is 91.1 Å². The molecule has 0 aliphatic heterocycles. The third kappa shape index (κ3) is 10.9. The SMILES string of the molecule is C[Si](C)(C)CCOC(=O)C1(NC(=O)N[C@H](Cc2c[nH]c3ccccc23)C(=O)NC[C@H](NC(=O)OCc2ccccc2)c2ccccc2)CCCCC1. The first-order valence-corrected chi connectivity index (χ1v) is 21.8. The minimum Gasteiger partial charge on any atom is -0.464 e. The standard InChI is InChI=1S/C40H51N5O6Si/c1-52(2,3)24-23-50-37(47)40(21-13-6-14-22-40)45-38(48)43-34(25-31-26-41-33-20-12-11-19-32(31)33)36(46)42-27-35(30-17-9-5-10-18-30)44-39(49)51-28-29-15-7-4-8-16-29/h4-5,7-12,15-20,26,34-35,41H,6,13-14,21-25,27-28H2,1-3H3,(H,42,46)(H,44,49)(H2,43,45,48)/t34-,35+/m1/s1. The highest BCUT2D eigenvalue weighted by molar-refractivity contribution is 6.76. The van der Waals surface area contributed by atoms with Gasteiger partial charge in [-0.15, -0.1) is 0 Å². The van der Waals surface area contributed by atoms with Gasteiger partial charge in [0.2, 0.25) is 5.91 Å². The summed E-state index contributed by atoms with van der Waals surface area (Å²) >= 11 is 0. The first kappa shape index (κ1) is 38.1. The number of ether oxygens (including phenoxy) is 2. The van der Waals surface area contributed by atoms with Crippen LogP contribution in [0.4, 0.5) is 9.59 Å². The summed E-state index contributed by atoms with van der Waals surface area (Å²) in [6, 6.07) is 25.0. The molecule has 1 heterocycles. The van der Waals surface area contributed by atoms with Gasteiger partial charge >= 0.3 is 18.1 Å². The van der Waals surface area contributed by atoms with E-state index in [1.165, 1.54) is 0 Å². The maximum Gasteiger partial charge on any atom is 0.408 e. The Morgan fingerprint density at radius 3 is 2.21 bits per heavy atom. The number of nitrogens with one attached hydrogen (secondary N) is 5. The Labute approximate surface area is 306 Å². The lowest BCUT2D eigenvalue weighted by Gasteiger charge is -2.36. The van der Waals surface area contributed by atoms with Gasteiger partial charge in [-0.05, 0) is 41.6 Å². The summed E-state index contributed by atoms with van der Waals surface area (Å²) in [7, 11) is -1.44. The molecule has 52 heavy (non-hydrogen) atoms. The van der Waals surface area contributed by atoms with Gasteiger partial charge in [-0.2, -0.15) is 0 Å². The molecule has 0 spiro atoms. The lowest BCUT2D eigenvalue weighted by atomic mass is 9.81. The van der Waals surface area contributed by atoms with E-state index in [9.17, 15) is 19.2 Å². The molecule has 0 radical (unpaired) electrons. The molecule has 2 atom stereocenters. The molecule has 12 heteroatoms. The number of H-pyrrole nitrogens is 1. The van der Waals surface area contributed by atoms with Crippen LogP contribution < -0.4 is 21.3 Å². The number of para-hydroxylation sites is 1. The van der Waals surface area contributed by atoms with Crippen molar-refractivity contribution in [3.05, 3.63) is 108 Å². The van der Waals surface area contributed by atoms with E-state index in [4.69, 9.17) is 9.47 Å². The Morgan fingerprint density at radius 1 is 0.827 bits per heavy atom. The fourth-order valence-electron chi connectivity index (χ4n) is 6.44. The number of esters is 1. The molecule has 1 fully saturated rings. The largest absolute Gasteiger partial charge is 0.464 e. The monoisotopic (exact) mass is 725 g/mol. The quantitative estimate of drug-likeness (QED) is 0.0677. The average molecular weight is 726 g/mol. The van der Waals surface area contributed by atoms with Gasteiger partial charge in [-0.1, -0.05) is 118 Å². The van der Waals surface area contributed by atoms with Gasteiger partial charge in [0.15, 0.2) is 0 Å². The Bertz CT molecular complexity index is 1790. The van der Waals surface area contributed by atoms with E-state index in [2.05, 4.69) is 45.9 Å². The molecule has 4 amide bonds. The molecular formula is C40H51N5O6Si. The van der Waals surface area contributed by atoms with Crippen LogP contribution in [0, 0.1) is 0 Å². The lowest BCUT2D eigenvalue weighted by molar-refractivity contribution is -0.152. The number of hydrogen-bond acceptors (Lipinski definition) is 6. The minimum absolute atomic E-state index is 0.0321. The third-order valence-corrected chi connectivity index (χ3v) is 11.1. The maximum absolute atomic E-state index is 14.0. The Morgan fingerprint density at radius 2 is 1.50 bits per heavy atom. The summed E-state index contributed by atoms with van der Waals surface area (Å²) in [5, 5.41) is 12.6. The summed E-state index contributed by atoms with van der Waals surface area (Å²) in [5.41, 5.74) is 2.21. The number of hydrogen-bond donors (Lipinski definition) is 5. The van der Waals surface area contributed by atoms with Crippen molar-refractivity contribution in [2.24, 2.45) is 0 Å². The second-order valence-electron chi connectivity index (χ2n) is 14.7. The van der Waals surface area contributed by atoms with Crippen molar-refractivity contribution in [3.8, 4) is 0 Å². The Hall–Kier alpha value is -5.10. The highest BCUT2D eigenvalue weighted by Gasteiger charge is 2.43. The third-order valence-electron chi connectivity index (χ3n) is 9.44. The van der Waals surface area contributed by atoms with Gasteiger partial charge in [-0.25, -0.2) is 14.4 Å². The highest BCUT2D eigenvalue weighted by atomic mass is 28.3. The van der Waals surface area contributed by atoms with Gasteiger partial charge in [-0.3, -0.25) is 4.79 Å². The van der Waals surface area contributed by atoms with Gasteiger partial charge in [0.25, 0.3) is 0 Å². The van der Waals surface area contributed by atoms with Gasteiger partial charge in [0.1, 0.15) is 18.2 Å². The van der Waals surface area contributed by atoms with Gasteiger partial charge in [0, 0.05) is 38.1 Å². The van der Waals surface area contributed by atoms with Crippen molar-refractivity contribution in [2.45, 2.75) is 88.4 Å². The first-order chi connectivity index (χ1) is 25.0. The van der Waals surface area contributed by atoms with Crippen LogP contribution in [-0.2, 0) is 32.1 Å². The Kier molecular flexibility index (Phi) is 13.1. The van der Waals surface area contributed by atoms with Gasteiger partial charge < -0.3 is 35.7 Å². The second kappa shape index (κ2) is 17.9. The molecule has 5 N–H and O–H groups in total. The molecule has 1 aliphatic carbocycles. The lowest BCUT2D eigenvalue weighted by Crippen LogP contribution is -2.61. The summed E-state index contributed by atoms with van der Waals surface area (Å²) < 4.78 is 11.2. The number of aromatic nitrogens is 1. The van der Waals surface area contributed by atoms with Crippen molar-refractivity contribution >= 4 is 43.0 Å². The second-order valence-corrected chi connectivity index (χ2v) is 20.3. The molecule has 0 saturated heterocycles. The minimum atomic E-state index is -1.44. The fourth-order valence-corrected chi connectivity index (χ4v) is 7.15. The molecule has 5 rings (SSSR count). The van der Waals surface area contributed by atoms with Crippen molar-refractivity contribution in [3.63, 3.8) is 0 Å². The highest BCUT2D eigenvalue weighted by Crippen LogP contribution is 2.30. The predicted octanol–water partition coefficient (Wildman–Crippen LogP) is 6.75. The van der Waals surface area contributed by atoms with Crippen LogP contribution >= 0.6 is 0 Å². The molecule has 276 valence electrons. The zero-order valence-corrected chi connectivity index (χ0v) is 31.3. The van der Waals surface area contributed by atoms with Gasteiger partial charge in [0.05, 0.1) is 12.6 Å². The van der Waals surface area contributed by atoms with Crippen LogP contribution in [0.3, 0.4) is 0 Å². The van der Waals surface area contributed by atoms with Crippen LogP contribution in [0.1, 0.15) is 54.8 Å². The number of amides is 4. The topological polar surface area (TPSA) is 151 Å². The number of benzene rings is 3. The zero-order valence-electron chi connectivity index (χ0n) is 30.3. The Balaban J connectivity index is 1.30. The number of carbonyl (C=O) groups excluding carboxylic acids is 4. The van der Waals surface area contributed by atoms with E-state index in [1.54, 1.807) is 0 Å². The number of urea groups is 1. The smallest absolute Gasteiger partial charge is 0.408 e. The molecule has 11 nitrogen and oxygen atoms in total. The molecular weight excluding hydrogens is 675 g/mol. The van der Waals surface area contributed by atoms with Crippen LogP contribution in [0.5, 0.6) is 0 Å². The van der Waals surface area contributed by atoms with E-state index in [-0.39, 0.29) is 19.6 Å². The maximum atomic E-state index is 14.0. The number of rotatable bonds is 15. The number of aromatic amines is 1. The van der Waals surface area contributed by atoms with E-state index in [0.717, 1.165) is 52.9 Å². The van der Waals surface area contributed by atoms with Crippen LogP contribution in [0.15, 0.2) is 91.1 Å². The summed E-state index contributed by atoms with van der Waals surface area (Å²) in [6.45, 7) is 7.11. The molecule has 3 aromatic carbocycles. The zero-order chi connectivity index (χ0) is 37.0. The number of alkyl carbamates (subject to hydrolysis) is 1. The van der Waals surface area contributed by atoms with E-state index < -0.39 is 49.7 Å². The molecule has 1 aromatic heterocycles. The van der Waals surface area contributed by atoms with Crippen molar-refractivity contribution in [2.75, 3.05) is 13.2 Å². The number of fused-ring (bicyclic) bond motifs is 1. The summed E-state index contributed by atoms with van der Waals surface area (Å²) in [5.74, 6) is -0.870. The normalized spacial score (nSPS) is 15.1. The molecule has 4 aromatic rings. The van der Waals surface area contributed by atoms with Crippen LogP contribution in [0.2, 0.25) is 25.7 Å². The van der Waals surface area contributed by atoms with Crippen LogP contribution in [-0.4, -0.2) is 61.8 Å². The summed E-state index contributed by atoms with van der Waals surface area (Å²) in [4.78, 5) is 57.4. The first-order valence-electron chi connectivity index (χ1n) is 18.1. The molecule has 1 saturated carbocycles.